The van der Waals surface area contributed by atoms with Crippen LogP contribution >= 0.6 is 0 Å². The van der Waals surface area contributed by atoms with Crippen LogP contribution in [-0.2, 0) is 13.5 Å². The van der Waals surface area contributed by atoms with Crippen LogP contribution in [0, 0.1) is 0 Å². The van der Waals surface area contributed by atoms with Gasteiger partial charge < -0.3 is 5.11 Å². The second-order valence-electron chi connectivity index (χ2n) is 2.67. The number of alkyl halides is 2. The van der Waals surface area contributed by atoms with Crippen LogP contribution in [0.5, 0.6) is 0 Å². The Labute approximate surface area is 74.2 Å². The van der Waals surface area contributed by atoms with Gasteiger partial charge in [0.1, 0.15) is 5.69 Å². The molecule has 0 bridgehead atoms. The zero-order valence-corrected chi connectivity index (χ0v) is 7.24. The number of aromatic nitrogens is 3. The maximum absolute atomic E-state index is 12.4. The lowest BCUT2D eigenvalue weighted by atomic mass is 10.2. The van der Waals surface area contributed by atoms with Gasteiger partial charge in [-0.05, 0) is 12.8 Å². The molecule has 0 saturated carbocycles. The largest absolute Gasteiger partial charge is 0.396 e. The minimum absolute atomic E-state index is 0.0285. The van der Waals surface area contributed by atoms with Crippen molar-refractivity contribution in [3.05, 3.63) is 11.4 Å². The molecule has 6 heteroatoms. The Morgan fingerprint density at radius 2 is 2.23 bits per heavy atom. The van der Waals surface area contributed by atoms with Crippen LogP contribution in [0.2, 0.25) is 0 Å². The summed E-state index contributed by atoms with van der Waals surface area (Å²) >= 11 is 0. The fraction of sp³-hybridized carbons (Fsp3) is 0.714. The maximum Gasteiger partial charge on any atom is 0.281 e. The quantitative estimate of drug-likeness (QED) is 0.761. The summed E-state index contributed by atoms with van der Waals surface area (Å²) in [5.74, 6) is 0. The zero-order chi connectivity index (χ0) is 9.84. The van der Waals surface area contributed by atoms with Crippen molar-refractivity contribution < 1.29 is 13.9 Å². The second kappa shape index (κ2) is 4.27. The molecule has 1 heterocycles. The van der Waals surface area contributed by atoms with Crippen LogP contribution in [0.4, 0.5) is 8.78 Å². The van der Waals surface area contributed by atoms with Crippen molar-refractivity contribution in [1.82, 2.24) is 15.0 Å². The van der Waals surface area contributed by atoms with Crippen LogP contribution in [-0.4, -0.2) is 26.7 Å². The van der Waals surface area contributed by atoms with E-state index >= 15 is 0 Å². The molecule has 0 aromatic carbocycles. The summed E-state index contributed by atoms with van der Waals surface area (Å²) in [5, 5.41) is 15.6. The third kappa shape index (κ3) is 2.21. The number of hydrogen-bond donors (Lipinski definition) is 1. The molecule has 0 aliphatic rings. The lowest BCUT2D eigenvalue weighted by molar-refractivity contribution is 0.139. The summed E-state index contributed by atoms with van der Waals surface area (Å²) < 4.78 is 25.8. The van der Waals surface area contributed by atoms with Gasteiger partial charge in [0.25, 0.3) is 6.43 Å². The fourth-order valence-corrected chi connectivity index (χ4v) is 1.10. The molecule has 0 atom stereocenters. The number of aliphatic hydroxyl groups excluding tert-OH is 1. The van der Waals surface area contributed by atoms with Gasteiger partial charge in [-0.2, -0.15) is 0 Å². The van der Waals surface area contributed by atoms with Gasteiger partial charge in [-0.3, -0.25) is 0 Å². The molecule has 1 aromatic heterocycles. The summed E-state index contributed by atoms with van der Waals surface area (Å²) in [6.07, 6.45) is -1.80. The smallest absolute Gasteiger partial charge is 0.281 e. The van der Waals surface area contributed by atoms with Crippen molar-refractivity contribution in [2.75, 3.05) is 6.61 Å². The molecule has 74 valence electrons. The van der Waals surface area contributed by atoms with Gasteiger partial charge in [0.2, 0.25) is 0 Å². The predicted molar refractivity (Wildman–Crippen MR) is 41.4 cm³/mol. The highest BCUT2D eigenvalue weighted by molar-refractivity contribution is 5.11. The molecule has 13 heavy (non-hydrogen) atoms. The number of aryl methyl sites for hydroxylation is 2. The molecule has 4 nitrogen and oxygen atoms in total. The Morgan fingerprint density at radius 3 is 2.77 bits per heavy atom. The normalized spacial score (nSPS) is 11.2. The zero-order valence-electron chi connectivity index (χ0n) is 7.24. The number of halogens is 2. The summed E-state index contributed by atoms with van der Waals surface area (Å²) in [7, 11) is 1.43. The first-order valence-electron chi connectivity index (χ1n) is 3.94. The monoisotopic (exact) mass is 191 g/mol. The minimum atomic E-state index is -2.56. The van der Waals surface area contributed by atoms with Gasteiger partial charge >= 0.3 is 0 Å². The van der Waals surface area contributed by atoms with Gasteiger partial charge in [-0.15, -0.1) is 5.10 Å². The van der Waals surface area contributed by atoms with E-state index in [1.807, 2.05) is 0 Å². The van der Waals surface area contributed by atoms with Crippen LogP contribution in [0.25, 0.3) is 0 Å². The Bertz CT molecular complexity index is 275. The standard InChI is InChI=1S/C7H11F2N3O/c1-12-6(7(8)9)5(10-11-12)3-2-4-13/h7,13H,2-4H2,1H3. The van der Waals surface area contributed by atoms with Crippen molar-refractivity contribution in [3.8, 4) is 0 Å². The molecular formula is C7H11F2N3O. The highest BCUT2D eigenvalue weighted by atomic mass is 19.3. The summed E-state index contributed by atoms with van der Waals surface area (Å²) in [6, 6.07) is 0. The van der Waals surface area contributed by atoms with Crippen LogP contribution in [0.3, 0.4) is 0 Å². The lowest BCUT2D eigenvalue weighted by Gasteiger charge is -2.01. The van der Waals surface area contributed by atoms with Crippen LogP contribution in [0.1, 0.15) is 24.2 Å². The summed E-state index contributed by atoms with van der Waals surface area (Å²) in [4.78, 5) is 0. The van der Waals surface area contributed by atoms with E-state index < -0.39 is 6.43 Å². The molecule has 0 unspecified atom stereocenters. The number of hydrogen-bond acceptors (Lipinski definition) is 3. The predicted octanol–water partition coefficient (Wildman–Crippen LogP) is 0.678. The number of aliphatic hydroxyl groups is 1. The average molecular weight is 191 g/mol. The molecule has 0 radical (unpaired) electrons. The molecule has 0 aliphatic heterocycles. The SMILES string of the molecule is Cn1nnc(CCCO)c1C(F)F. The van der Waals surface area contributed by atoms with Crippen molar-refractivity contribution in [2.24, 2.45) is 7.05 Å². The molecular weight excluding hydrogens is 180 g/mol. The molecule has 0 aliphatic carbocycles. The van der Waals surface area contributed by atoms with E-state index in [9.17, 15) is 8.78 Å². The first kappa shape index (κ1) is 10.0. The minimum Gasteiger partial charge on any atom is -0.396 e. The Hall–Kier alpha value is -1.04. The topological polar surface area (TPSA) is 50.9 Å². The van der Waals surface area contributed by atoms with Gasteiger partial charge in [-0.1, -0.05) is 5.21 Å². The highest BCUT2D eigenvalue weighted by Gasteiger charge is 2.18. The van der Waals surface area contributed by atoms with Gasteiger partial charge in [0.15, 0.2) is 0 Å². The van der Waals surface area contributed by atoms with Crippen molar-refractivity contribution >= 4 is 0 Å². The molecule has 1 rings (SSSR count). The highest BCUT2D eigenvalue weighted by Crippen LogP contribution is 2.21. The second-order valence-corrected chi connectivity index (χ2v) is 2.67. The molecule has 0 spiro atoms. The summed E-state index contributed by atoms with van der Waals surface area (Å²) in [6.45, 7) is -0.0285. The Kier molecular flexibility index (Phi) is 3.30. The van der Waals surface area contributed by atoms with E-state index in [-0.39, 0.29) is 18.0 Å². The molecule has 1 N–H and O–H groups in total. The Balaban J connectivity index is 2.81. The first-order valence-corrected chi connectivity index (χ1v) is 3.94. The van der Waals surface area contributed by atoms with Gasteiger partial charge in [-0.25, -0.2) is 13.5 Å². The van der Waals surface area contributed by atoms with E-state index in [1.54, 1.807) is 0 Å². The van der Waals surface area contributed by atoms with Gasteiger partial charge in [0.05, 0.1) is 5.69 Å². The Morgan fingerprint density at radius 1 is 1.54 bits per heavy atom. The number of nitrogens with zero attached hydrogens (tertiary/aromatic N) is 3. The molecule has 0 amide bonds. The molecule has 0 fully saturated rings. The van der Waals surface area contributed by atoms with Gasteiger partial charge in [0, 0.05) is 13.7 Å². The summed E-state index contributed by atoms with van der Waals surface area (Å²) in [5.41, 5.74) is 0.111. The molecule has 1 aromatic rings. The maximum atomic E-state index is 12.4. The third-order valence-electron chi connectivity index (χ3n) is 1.72. The third-order valence-corrected chi connectivity index (χ3v) is 1.72. The van der Waals surface area contributed by atoms with E-state index in [4.69, 9.17) is 5.11 Å². The van der Waals surface area contributed by atoms with E-state index in [1.165, 1.54) is 7.05 Å². The van der Waals surface area contributed by atoms with Crippen molar-refractivity contribution in [3.63, 3.8) is 0 Å². The van der Waals surface area contributed by atoms with Crippen LogP contribution in [0.15, 0.2) is 0 Å². The van der Waals surface area contributed by atoms with Crippen LogP contribution < -0.4 is 0 Å². The van der Waals surface area contributed by atoms with Crippen molar-refractivity contribution in [2.45, 2.75) is 19.3 Å². The van der Waals surface area contributed by atoms with E-state index in [0.717, 1.165) is 4.68 Å². The molecule has 0 saturated heterocycles. The first-order chi connectivity index (χ1) is 6.16. The lowest BCUT2D eigenvalue weighted by Crippen LogP contribution is -2.01. The van der Waals surface area contributed by atoms with E-state index in [2.05, 4.69) is 10.3 Å². The number of rotatable bonds is 4. The van der Waals surface area contributed by atoms with E-state index in [0.29, 0.717) is 12.8 Å². The average Bonchev–Trinajstić information content (AvgIpc) is 2.43. The van der Waals surface area contributed by atoms with Crippen molar-refractivity contribution in [1.29, 1.82) is 0 Å². The fourth-order valence-electron chi connectivity index (χ4n) is 1.10.